The minimum Gasteiger partial charge on any atom is -0.805 e. The molecule has 2 aromatic carbocycles. The quantitative estimate of drug-likeness (QED) is 0.201. The molecule has 0 saturated heterocycles. The summed E-state index contributed by atoms with van der Waals surface area (Å²) in [6.07, 6.45) is -6.47. The van der Waals surface area contributed by atoms with E-state index in [1.54, 1.807) is 19.9 Å². The standard InChI is InChI=1S/C25H21F3N6O5/c1-13-10-19-20(11-14(13)2)34(39)23(15(3)33(19)38)21(35)12-18(31-32-22(36)8-9-29)24(37)30-17-7-5-4-6-16(17)25(26,27)28/h4-7,10-11H,8,12H2,1-3H3,(H,30,37)(H,32,36)/b31-18+. The number of nitriles is 1. The average Bonchev–Trinajstić information content (AvgIpc) is 2.86. The number of amides is 2. The van der Waals surface area contributed by atoms with E-state index in [1.807, 2.05) is 10.7 Å². The molecule has 1 aromatic heterocycles. The smallest absolute Gasteiger partial charge is 0.418 e. The summed E-state index contributed by atoms with van der Waals surface area (Å²) in [6, 6.07) is 8.48. The molecule has 0 atom stereocenters. The van der Waals surface area contributed by atoms with E-state index in [0.29, 0.717) is 10.3 Å². The topological polar surface area (TPSA) is 162 Å². The van der Waals surface area contributed by atoms with Crippen molar-refractivity contribution in [3.8, 4) is 6.07 Å². The molecule has 3 rings (SSSR count). The zero-order chi connectivity index (χ0) is 29.1. The van der Waals surface area contributed by atoms with Crippen molar-refractivity contribution in [2.45, 2.75) is 39.8 Å². The number of nitrogens with one attached hydrogen (secondary N) is 2. The van der Waals surface area contributed by atoms with Gasteiger partial charge in [0.25, 0.3) is 17.3 Å². The first-order valence-corrected chi connectivity index (χ1v) is 11.3. The first-order chi connectivity index (χ1) is 18.3. The highest BCUT2D eigenvalue weighted by Gasteiger charge is 2.35. The maximum Gasteiger partial charge on any atom is 0.418 e. The van der Waals surface area contributed by atoms with Gasteiger partial charge in [-0.3, -0.25) is 14.4 Å². The fourth-order valence-corrected chi connectivity index (χ4v) is 3.65. The molecule has 11 nitrogen and oxygen atoms in total. The second-order valence-corrected chi connectivity index (χ2v) is 8.47. The number of para-hydroxylation sites is 1. The average molecular weight is 542 g/mol. The maximum atomic E-state index is 13.4. The minimum atomic E-state index is -4.83. The van der Waals surface area contributed by atoms with Crippen LogP contribution in [0.2, 0.25) is 0 Å². The molecule has 202 valence electrons. The second kappa shape index (κ2) is 11.1. The van der Waals surface area contributed by atoms with E-state index in [4.69, 9.17) is 5.26 Å². The summed E-state index contributed by atoms with van der Waals surface area (Å²) in [5, 5.41) is 27.0. The number of hydrazone groups is 1. The summed E-state index contributed by atoms with van der Waals surface area (Å²) in [5.74, 6) is -3.33. The van der Waals surface area contributed by atoms with Crippen LogP contribution < -0.4 is 15.2 Å². The lowest BCUT2D eigenvalue weighted by Crippen LogP contribution is -2.34. The summed E-state index contributed by atoms with van der Waals surface area (Å²) >= 11 is 0. The summed E-state index contributed by atoms with van der Waals surface area (Å²) in [7, 11) is 0. The Morgan fingerprint density at radius 3 is 2.41 bits per heavy atom. The van der Waals surface area contributed by atoms with Crippen molar-refractivity contribution in [1.29, 1.82) is 5.26 Å². The van der Waals surface area contributed by atoms with Gasteiger partial charge in [-0.1, -0.05) is 12.1 Å². The predicted molar refractivity (Wildman–Crippen MR) is 133 cm³/mol. The molecule has 3 aromatic rings. The third-order valence-electron chi connectivity index (χ3n) is 5.77. The molecular formula is C25H21F3N6O5. The van der Waals surface area contributed by atoms with Gasteiger partial charge in [0.1, 0.15) is 17.6 Å². The number of benzene rings is 2. The van der Waals surface area contributed by atoms with Gasteiger partial charge >= 0.3 is 11.9 Å². The van der Waals surface area contributed by atoms with Gasteiger partial charge in [0, 0.05) is 11.0 Å². The Hall–Kier alpha value is -5.06. The van der Waals surface area contributed by atoms with Gasteiger partial charge < -0.3 is 15.3 Å². The van der Waals surface area contributed by atoms with Crippen LogP contribution in [-0.2, 0) is 15.8 Å². The number of hydrogen-bond donors (Lipinski definition) is 2. The van der Waals surface area contributed by atoms with E-state index in [9.17, 15) is 37.7 Å². The number of aryl methyl sites for hydroxylation is 2. The molecule has 0 spiro atoms. The second-order valence-electron chi connectivity index (χ2n) is 8.47. The van der Waals surface area contributed by atoms with Crippen LogP contribution >= 0.6 is 0 Å². The number of alkyl halides is 3. The van der Waals surface area contributed by atoms with Crippen molar-refractivity contribution in [2.24, 2.45) is 5.10 Å². The Morgan fingerprint density at radius 2 is 1.77 bits per heavy atom. The molecule has 2 N–H and O–H groups in total. The van der Waals surface area contributed by atoms with Gasteiger partial charge in [-0.15, -0.1) is 0 Å². The fourth-order valence-electron chi connectivity index (χ4n) is 3.65. The number of hydrogen-bond acceptors (Lipinski definition) is 7. The number of Topliss-reactive ketones (excluding diaryl/α,β-unsaturated/α-hetero) is 1. The van der Waals surface area contributed by atoms with Crippen LogP contribution in [0.4, 0.5) is 18.9 Å². The van der Waals surface area contributed by atoms with Crippen molar-refractivity contribution in [3.63, 3.8) is 0 Å². The summed E-state index contributed by atoms with van der Waals surface area (Å²) in [4.78, 5) is 51.0. The largest absolute Gasteiger partial charge is 0.805 e. The van der Waals surface area contributed by atoms with E-state index in [1.165, 1.54) is 25.1 Å². The van der Waals surface area contributed by atoms with E-state index >= 15 is 0 Å². The number of fused-ring (bicyclic) bond motifs is 1. The zero-order valence-electron chi connectivity index (χ0n) is 20.8. The van der Waals surface area contributed by atoms with Gasteiger partial charge in [-0.25, -0.2) is 5.43 Å². The van der Waals surface area contributed by atoms with Crippen LogP contribution in [0.5, 0.6) is 0 Å². The molecule has 0 aliphatic rings. The molecule has 14 heteroatoms. The van der Waals surface area contributed by atoms with Crippen molar-refractivity contribution in [2.75, 3.05) is 5.32 Å². The first-order valence-electron chi connectivity index (χ1n) is 11.3. The predicted octanol–water partition coefficient (Wildman–Crippen LogP) is 3.44. The highest BCUT2D eigenvalue weighted by Crippen LogP contribution is 2.34. The third kappa shape index (κ3) is 6.09. The Bertz CT molecular complexity index is 1640. The summed E-state index contributed by atoms with van der Waals surface area (Å²) in [5.41, 5.74) is -0.375. The monoisotopic (exact) mass is 542 g/mol. The molecule has 0 saturated carbocycles. The maximum absolute atomic E-state index is 13.4. The minimum absolute atomic E-state index is 0.00121. The van der Waals surface area contributed by atoms with E-state index < -0.39 is 59.3 Å². The van der Waals surface area contributed by atoms with E-state index in [-0.39, 0.29) is 21.2 Å². The van der Waals surface area contributed by atoms with Gasteiger partial charge in [0.05, 0.1) is 33.9 Å². The fraction of sp³-hybridized carbons (Fsp3) is 0.240. The molecular weight excluding hydrogens is 521 g/mol. The Labute approximate surface area is 218 Å². The third-order valence-corrected chi connectivity index (χ3v) is 5.77. The first kappa shape index (κ1) is 28.5. The van der Waals surface area contributed by atoms with E-state index in [2.05, 4.69) is 5.10 Å². The van der Waals surface area contributed by atoms with E-state index in [0.717, 1.165) is 23.8 Å². The molecule has 39 heavy (non-hydrogen) atoms. The number of rotatable bonds is 7. The SMILES string of the molecule is Cc1cc2c(cc1C)[n+](=O)c(C(=O)C/C(=N\NC(=O)CC#N)C(=O)Nc1ccccc1C(F)(F)F)c(C)n2[O-]. The molecule has 0 fully saturated rings. The number of aromatic nitrogens is 2. The van der Waals surface area contributed by atoms with Crippen LogP contribution in [0.1, 0.15) is 45.7 Å². The number of carbonyl (C=O) groups excluding carboxylic acids is 3. The molecule has 2 amide bonds. The van der Waals surface area contributed by atoms with Crippen LogP contribution in [-0.4, -0.2) is 28.0 Å². The number of anilines is 1. The zero-order valence-corrected chi connectivity index (χ0v) is 20.8. The molecule has 0 unspecified atom stereocenters. The highest BCUT2D eigenvalue weighted by molar-refractivity contribution is 6.46. The Morgan fingerprint density at radius 1 is 1.13 bits per heavy atom. The van der Waals surface area contributed by atoms with Crippen molar-refractivity contribution >= 4 is 40.0 Å². The van der Waals surface area contributed by atoms with Gasteiger partial charge in [0.15, 0.2) is 0 Å². The number of halogens is 3. The van der Waals surface area contributed by atoms with Gasteiger partial charge in [-0.2, -0.15) is 23.5 Å². The Balaban J connectivity index is 2.05. The van der Waals surface area contributed by atoms with Gasteiger partial charge in [-0.05, 0) is 50.1 Å². The van der Waals surface area contributed by atoms with Crippen LogP contribution in [0.25, 0.3) is 11.0 Å². The number of nitrogens with zero attached hydrogens (tertiary/aromatic N) is 4. The summed E-state index contributed by atoms with van der Waals surface area (Å²) in [6.45, 7) is 4.65. The lowest BCUT2D eigenvalue weighted by Gasteiger charge is -2.17. The van der Waals surface area contributed by atoms with Gasteiger partial charge in [0.2, 0.25) is 5.78 Å². The number of ketones is 1. The van der Waals surface area contributed by atoms with Crippen molar-refractivity contribution in [1.82, 2.24) is 10.2 Å². The number of carbonyl (C=O) groups is 3. The van der Waals surface area contributed by atoms with Crippen molar-refractivity contribution < 1.29 is 32.0 Å². The van der Waals surface area contributed by atoms with Crippen LogP contribution in [0.15, 0.2) is 41.5 Å². The lowest BCUT2D eigenvalue weighted by atomic mass is 10.1. The summed E-state index contributed by atoms with van der Waals surface area (Å²) < 4.78 is 40.8. The molecule has 0 aliphatic carbocycles. The van der Waals surface area contributed by atoms with Crippen molar-refractivity contribution in [3.05, 3.63) is 74.6 Å². The molecule has 1 heterocycles. The molecule has 0 aliphatic heterocycles. The normalized spacial score (nSPS) is 11.7. The van der Waals surface area contributed by atoms with Crippen LogP contribution in [0, 0.1) is 42.2 Å². The Kier molecular flexibility index (Phi) is 8.14. The molecule has 0 bridgehead atoms. The highest BCUT2D eigenvalue weighted by atomic mass is 19.4. The lowest BCUT2D eigenvalue weighted by molar-refractivity contribution is -0.468. The molecule has 0 radical (unpaired) electrons. The van der Waals surface area contributed by atoms with Crippen LogP contribution in [0.3, 0.4) is 0 Å².